The topological polar surface area (TPSA) is 107 Å². The van der Waals surface area contributed by atoms with Crippen LogP contribution in [-0.4, -0.2) is 34.3 Å². The van der Waals surface area contributed by atoms with E-state index in [9.17, 15) is 4.57 Å². The summed E-state index contributed by atoms with van der Waals surface area (Å²) >= 11 is 6.30. The molecule has 190 valence electrons. The van der Waals surface area contributed by atoms with Crippen molar-refractivity contribution in [3.05, 3.63) is 53.1 Å². The Morgan fingerprint density at radius 3 is 2.40 bits per heavy atom. The molecule has 10 heteroatoms. The molecule has 0 spiro atoms. The molecule has 35 heavy (non-hydrogen) atoms. The van der Waals surface area contributed by atoms with E-state index in [0.29, 0.717) is 42.0 Å². The number of nitrogens with zero attached hydrogens (tertiary/aromatic N) is 2. The summed E-state index contributed by atoms with van der Waals surface area (Å²) in [4.78, 5) is 13.0. The molecule has 0 aliphatic rings. The van der Waals surface area contributed by atoms with E-state index in [1.165, 1.54) is 12.8 Å². The summed E-state index contributed by atoms with van der Waals surface area (Å²) in [7, 11) is -2.52. The van der Waals surface area contributed by atoms with Crippen molar-refractivity contribution in [1.82, 2.24) is 15.5 Å². The van der Waals surface area contributed by atoms with Crippen LogP contribution in [0.25, 0.3) is 22.8 Å². The average Bonchev–Trinajstić information content (AvgIpc) is 3.33. The Bertz CT molecular complexity index is 1040. The summed E-state index contributed by atoms with van der Waals surface area (Å²) < 4.78 is 26.1. The number of hydrogen-bond donors (Lipinski definition) is 2. The van der Waals surface area contributed by atoms with E-state index in [2.05, 4.69) is 33.8 Å². The Hall–Kier alpha value is -2.35. The number of aromatic nitrogens is 2. The highest BCUT2D eigenvalue weighted by Gasteiger charge is 2.13. The molecule has 0 saturated heterocycles. The summed E-state index contributed by atoms with van der Waals surface area (Å²) in [5, 5.41) is 7.80. The lowest BCUT2D eigenvalue weighted by molar-refractivity contribution is 0.242. The van der Waals surface area contributed by atoms with E-state index in [1.807, 2.05) is 44.2 Å². The quantitative estimate of drug-likeness (QED) is 0.197. The second-order valence-electron chi connectivity index (χ2n) is 8.03. The third-order valence-corrected chi connectivity index (χ3v) is 5.41. The molecule has 0 radical (unpaired) electrons. The van der Waals surface area contributed by atoms with Gasteiger partial charge in [0, 0.05) is 22.2 Å². The Morgan fingerprint density at radius 1 is 1.11 bits per heavy atom. The molecule has 2 N–H and O–H groups in total. The van der Waals surface area contributed by atoms with Crippen LogP contribution >= 0.6 is 19.9 Å². The third kappa shape index (κ3) is 10.4. The lowest BCUT2D eigenvalue weighted by Gasteiger charge is -2.11. The van der Waals surface area contributed by atoms with Crippen molar-refractivity contribution in [1.29, 1.82) is 0 Å². The fourth-order valence-electron chi connectivity index (χ4n) is 2.79. The Balaban J connectivity index is 0.00000100. The molecule has 1 aromatic heterocycles. The van der Waals surface area contributed by atoms with Crippen molar-refractivity contribution < 1.29 is 23.2 Å². The first-order valence-electron chi connectivity index (χ1n) is 11.7. The van der Waals surface area contributed by atoms with Gasteiger partial charge in [0.2, 0.25) is 5.82 Å². The van der Waals surface area contributed by atoms with Gasteiger partial charge in [0.25, 0.3) is 5.89 Å². The SMILES string of the molecule is CC(C)Oc1ccc(-c2noc(-c3ccc(CNCCCO[P+](=O)O)cc3)n2)cc1Cl.CCCC. The van der Waals surface area contributed by atoms with Gasteiger partial charge in [-0.1, -0.05) is 55.6 Å². The Labute approximate surface area is 213 Å². The minimum Gasteiger partial charge on any atom is -0.489 e. The largest absolute Gasteiger partial charge is 0.694 e. The summed E-state index contributed by atoms with van der Waals surface area (Å²) in [6.45, 7) is 9.84. The number of hydrogen-bond acceptors (Lipinski definition) is 7. The summed E-state index contributed by atoms with van der Waals surface area (Å²) in [5.74, 6) is 1.48. The van der Waals surface area contributed by atoms with Crippen LogP contribution in [0.15, 0.2) is 47.0 Å². The molecule has 3 rings (SSSR count). The molecule has 0 fully saturated rings. The monoisotopic (exact) mass is 522 g/mol. The van der Waals surface area contributed by atoms with Gasteiger partial charge in [0.15, 0.2) is 0 Å². The first-order chi connectivity index (χ1) is 16.8. The van der Waals surface area contributed by atoms with Crippen LogP contribution in [0.5, 0.6) is 5.75 Å². The van der Waals surface area contributed by atoms with E-state index >= 15 is 0 Å². The summed E-state index contributed by atoms with van der Waals surface area (Å²) in [6.07, 6.45) is 3.32. The number of unbranched alkanes of at least 4 members (excludes halogenated alkanes) is 1. The average molecular weight is 523 g/mol. The number of benzene rings is 2. The molecule has 0 bridgehead atoms. The van der Waals surface area contributed by atoms with Gasteiger partial charge in [-0.25, -0.2) is 0 Å². The van der Waals surface area contributed by atoms with Gasteiger partial charge < -0.3 is 14.6 Å². The fourth-order valence-corrected chi connectivity index (χ4v) is 3.30. The van der Waals surface area contributed by atoms with Crippen LogP contribution < -0.4 is 10.1 Å². The molecule has 1 atom stereocenters. The van der Waals surface area contributed by atoms with E-state index in [-0.39, 0.29) is 12.7 Å². The second-order valence-corrected chi connectivity index (χ2v) is 9.17. The molecule has 8 nitrogen and oxygen atoms in total. The lowest BCUT2D eigenvalue weighted by atomic mass is 10.1. The van der Waals surface area contributed by atoms with Gasteiger partial charge in [0.05, 0.1) is 11.1 Å². The molecule has 1 unspecified atom stereocenters. The van der Waals surface area contributed by atoms with Gasteiger partial charge in [-0.3, -0.25) is 0 Å². The van der Waals surface area contributed by atoms with Crippen LogP contribution in [0.1, 0.15) is 52.5 Å². The van der Waals surface area contributed by atoms with Gasteiger partial charge in [-0.15, -0.1) is 9.42 Å². The molecule has 1 heterocycles. The maximum absolute atomic E-state index is 10.4. The zero-order valence-corrected chi connectivity index (χ0v) is 22.3. The fraction of sp³-hybridized carbons (Fsp3) is 0.440. The molecule has 3 aromatic rings. The molecule has 0 saturated carbocycles. The smallest absolute Gasteiger partial charge is 0.489 e. The molecular formula is C25H34ClN3O5P+. The van der Waals surface area contributed by atoms with E-state index in [0.717, 1.165) is 16.7 Å². The zero-order chi connectivity index (χ0) is 25.6. The van der Waals surface area contributed by atoms with Crippen LogP contribution in [0.3, 0.4) is 0 Å². The number of nitrogens with one attached hydrogen (secondary N) is 1. The zero-order valence-electron chi connectivity index (χ0n) is 20.7. The normalized spacial score (nSPS) is 11.2. The van der Waals surface area contributed by atoms with Gasteiger partial charge >= 0.3 is 8.25 Å². The van der Waals surface area contributed by atoms with E-state index < -0.39 is 8.25 Å². The minimum atomic E-state index is -2.52. The highest BCUT2D eigenvalue weighted by molar-refractivity contribution is 7.32. The maximum Gasteiger partial charge on any atom is 0.694 e. The number of ether oxygens (including phenoxy) is 1. The minimum absolute atomic E-state index is 0.0332. The maximum atomic E-state index is 10.4. The van der Waals surface area contributed by atoms with Crippen molar-refractivity contribution in [2.75, 3.05) is 13.2 Å². The van der Waals surface area contributed by atoms with Crippen molar-refractivity contribution in [2.24, 2.45) is 0 Å². The Morgan fingerprint density at radius 2 is 1.80 bits per heavy atom. The summed E-state index contributed by atoms with van der Waals surface area (Å²) in [6, 6.07) is 13.2. The van der Waals surface area contributed by atoms with E-state index in [1.54, 1.807) is 12.1 Å². The molecular weight excluding hydrogens is 489 g/mol. The van der Waals surface area contributed by atoms with Crippen LogP contribution in [0.2, 0.25) is 5.02 Å². The molecule has 0 amide bonds. The van der Waals surface area contributed by atoms with Gasteiger partial charge in [-0.2, -0.15) is 4.98 Å². The second kappa shape index (κ2) is 15.6. The number of rotatable bonds is 12. The van der Waals surface area contributed by atoms with Crippen molar-refractivity contribution in [2.45, 2.75) is 59.6 Å². The lowest BCUT2D eigenvalue weighted by Crippen LogP contribution is -2.15. The van der Waals surface area contributed by atoms with Crippen molar-refractivity contribution in [3.63, 3.8) is 0 Å². The predicted molar refractivity (Wildman–Crippen MR) is 139 cm³/mol. The molecule has 2 aromatic carbocycles. The van der Waals surface area contributed by atoms with Crippen LogP contribution in [-0.2, 0) is 15.6 Å². The van der Waals surface area contributed by atoms with Crippen molar-refractivity contribution in [3.8, 4) is 28.6 Å². The molecule has 0 aliphatic carbocycles. The standard InChI is InChI=1S/C21H23ClN3O5P.C4H10/c1-14(2)29-19-9-8-17(12-18(19)22)20-24-21(30-25-20)16-6-4-15(5-7-16)13-23-10-3-11-28-31(26)27;1-3-4-2/h4-9,12,14,23H,3,10-11,13H2,1-2H3;3-4H2,1-2H3/p+1. The van der Waals surface area contributed by atoms with Gasteiger partial charge in [-0.05, 0) is 62.7 Å². The number of halogens is 1. The third-order valence-electron chi connectivity index (χ3n) is 4.71. The van der Waals surface area contributed by atoms with Gasteiger partial charge in [0.1, 0.15) is 12.4 Å². The van der Waals surface area contributed by atoms with Crippen molar-refractivity contribution >= 4 is 19.9 Å². The first kappa shape index (κ1) is 28.9. The first-order valence-corrected chi connectivity index (χ1v) is 13.2. The van der Waals surface area contributed by atoms with Crippen LogP contribution in [0, 0.1) is 0 Å². The predicted octanol–water partition coefficient (Wildman–Crippen LogP) is 6.80. The highest BCUT2D eigenvalue weighted by Crippen LogP contribution is 2.31. The molecule has 0 aliphatic heterocycles. The van der Waals surface area contributed by atoms with E-state index in [4.69, 9.17) is 25.8 Å². The Kier molecular flexibility index (Phi) is 12.9. The highest BCUT2D eigenvalue weighted by atomic mass is 35.5. The van der Waals surface area contributed by atoms with Crippen LogP contribution in [0.4, 0.5) is 0 Å². The summed E-state index contributed by atoms with van der Waals surface area (Å²) in [5.41, 5.74) is 2.64.